The number of thiophene rings is 1. The molecule has 2 heterocycles. The highest BCUT2D eigenvalue weighted by Crippen LogP contribution is 2.46. The second kappa shape index (κ2) is 8.58. The van der Waals surface area contributed by atoms with Crippen molar-refractivity contribution in [1.82, 2.24) is 4.90 Å². The molecule has 32 heavy (non-hydrogen) atoms. The maximum Gasteiger partial charge on any atom is 0.254 e. The fourth-order valence-electron chi connectivity index (χ4n) is 3.95. The molecule has 2 amide bonds. The Morgan fingerprint density at radius 3 is 2.44 bits per heavy atom. The van der Waals surface area contributed by atoms with Crippen LogP contribution >= 0.6 is 11.3 Å². The van der Waals surface area contributed by atoms with Crippen LogP contribution in [0.25, 0.3) is 0 Å². The van der Waals surface area contributed by atoms with E-state index in [0.717, 1.165) is 17.0 Å². The minimum absolute atomic E-state index is 0.150. The fourth-order valence-corrected chi connectivity index (χ4v) is 4.85. The van der Waals surface area contributed by atoms with Gasteiger partial charge in [-0.05, 0) is 41.3 Å². The number of ether oxygens (including phenoxy) is 2. The molecule has 1 N–H and O–H groups in total. The Bertz CT molecular complexity index is 1180. The summed E-state index contributed by atoms with van der Waals surface area (Å²) >= 11 is 1.41. The summed E-state index contributed by atoms with van der Waals surface area (Å²) in [5, 5.41) is 4.41. The average molecular weight is 458 g/mol. The Kier molecular flexibility index (Phi) is 5.84. The second-order valence-electron chi connectivity index (χ2n) is 7.26. The van der Waals surface area contributed by atoms with Crippen LogP contribution in [0.2, 0.25) is 0 Å². The van der Waals surface area contributed by atoms with E-state index in [4.69, 9.17) is 9.47 Å². The quantitative estimate of drug-likeness (QED) is 0.607. The first-order valence-electron chi connectivity index (χ1n) is 9.68. The van der Waals surface area contributed by atoms with E-state index in [0.29, 0.717) is 23.1 Å². The van der Waals surface area contributed by atoms with E-state index in [1.165, 1.54) is 36.5 Å². The van der Waals surface area contributed by atoms with Gasteiger partial charge in [0.15, 0.2) is 11.5 Å². The van der Waals surface area contributed by atoms with Crippen molar-refractivity contribution in [3.8, 4) is 11.5 Å². The SMILES string of the molecule is COc1cc2c(cc1OC)[C@@H](C(=O)Nc1ccc(F)cc1F)[C@H](c1cccs1)N(C)C2=O. The molecule has 0 saturated carbocycles. The number of benzene rings is 2. The minimum atomic E-state index is -0.890. The molecule has 0 radical (unpaired) electrons. The summed E-state index contributed by atoms with van der Waals surface area (Å²) in [4.78, 5) is 29.0. The van der Waals surface area contributed by atoms with E-state index < -0.39 is 29.5 Å². The topological polar surface area (TPSA) is 67.9 Å². The van der Waals surface area contributed by atoms with Gasteiger partial charge in [-0.15, -0.1) is 11.3 Å². The van der Waals surface area contributed by atoms with Crippen LogP contribution in [-0.4, -0.2) is 38.0 Å². The number of hydrogen-bond donors (Lipinski definition) is 1. The van der Waals surface area contributed by atoms with E-state index >= 15 is 0 Å². The highest BCUT2D eigenvalue weighted by Gasteiger charge is 2.44. The van der Waals surface area contributed by atoms with Crippen molar-refractivity contribution in [2.45, 2.75) is 12.0 Å². The molecule has 1 aromatic heterocycles. The van der Waals surface area contributed by atoms with E-state index in [1.807, 2.05) is 17.5 Å². The first kappa shape index (κ1) is 21.8. The summed E-state index contributed by atoms with van der Waals surface area (Å²) < 4.78 is 38.3. The average Bonchev–Trinajstić information content (AvgIpc) is 3.31. The zero-order valence-electron chi connectivity index (χ0n) is 17.5. The van der Waals surface area contributed by atoms with Gasteiger partial charge in [-0.3, -0.25) is 9.59 Å². The molecular weight excluding hydrogens is 438 g/mol. The molecule has 0 spiro atoms. The van der Waals surface area contributed by atoms with Crippen molar-refractivity contribution in [2.75, 3.05) is 26.6 Å². The smallest absolute Gasteiger partial charge is 0.254 e. The Balaban J connectivity index is 1.86. The van der Waals surface area contributed by atoms with Crippen molar-refractivity contribution < 1.29 is 27.8 Å². The standard InChI is InChI=1S/C23H20F2N2O4S/c1-27-21(19-5-4-8-32-19)20(22(28)26-16-7-6-12(24)9-15(16)25)13-10-17(30-2)18(31-3)11-14(13)23(27)29/h4-11,20-21H,1-3H3,(H,26,28)/t20-,21+/m1/s1. The van der Waals surface area contributed by atoms with Crippen LogP contribution in [0.4, 0.5) is 14.5 Å². The monoisotopic (exact) mass is 458 g/mol. The molecule has 0 unspecified atom stereocenters. The van der Waals surface area contributed by atoms with Gasteiger partial charge >= 0.3 is 0 Å². The molecule has 0 saturated heterocycles. The molecule has 6 nitrogen and oxygen atoms in total. The number of likely N-dealkylation sites (N-methyl/N-ethyl adjacent to an activating group) is 1. The number of carbonyl (C=O) groups excluding carboxylic acids is 2. The Hall–Kier alpha value is -3.46. The van der Waals surface area contributed by atoms with E-state index in [-0.39, 0.29) is 17.2 Å². The third kappa shape index (κ3) is 3.69. The zero-order valence-corrected chi connectivity index (χ0v) is 18.3. The van der Waals surface area contributed by atoms with Gasteiger partial charge in [0.25, 0.3) is 5.91 Å². The normalized spacial score (nSPS) is 17.7. The van der Waals surface area contributed by atoms with Gasteiger partial charge in [0.05, 0.1) is 31.9 Å². The Labute approximate surface area is 187 Å². The number of rotatable bonds is 5. The Morgan fingerprint density at radius 2 is 1.81 bits per heavy atom. The van der Waals surface area contributed by atoms with Crippen LogP contribution in [0.3, 0.4) is 0 Å². The van der Waals surface area contributed by atoms with E-state index in [2.05, 4.69) is 5.32 Å². The summed E-state index contributed by atoms with van der Waals surface area (Å²) in [7, 11) is 4.53. The van der Waals surface area contributed by atoms with E-state index in [1.54, 1.807) is 13.1 Å². The predicted molar refractivity (Wildman–Crippen MR) is 116 cm³/mol. The molecule has 9 heteroatoms. The summed E-state index contributed by atoms with van der Waals surface area (Å²) in [6.45, 7) is 0. The molecule has 3 aromatic rings. The summed E-state index contributed by atoms with van der Waals surface area (Å²) in [6.07, 6.45) is 0. The number of methoxy groups -OCH3 is 2. The molecule has 0 fully saturated rings. The molecule has 0 aliphatic carbocycles. The predicted octanol–water partition coefficient (Wildman–Crippen LogP) is 4.59. The fraction of sp³-hybridized carbons (Fsp3) is 0.217. The van der Waals surface area contributed by atoms with Crippen molar-refractivity contribution in [1.29, 1.82) is 0 Å². The Morgan fingerprint density at radius 1 is 1.09 bits per heavy atom. The third-order valence-corrected chi connectivity index (χ3v) is 6.42. The molecule has 0 bridgehead atoms. The minimum Gasteiger partial charge on any atom is -0.493 e. The lowest BCUT2D eigenvalue weighted by molar-refractivity contribution is -0.119. The molecule has 4 rings (SSSR count). The number of nitrogens with zero attached hydrogens (tertiary/aromatic N) is 1. The van der Waals surface area contributed by atoms with Gasteiger partial charge in [0.1, 0.15) is 11.6 Å². The van der Waals surface area contributed by atoms with Crippen molar-refractivity contribution in [3.63, 3.8) is 0 Å². The van der Waals surface area contributed by atoms with Gasteiger partial charge in [-0.1, -0.05) is 6.07 Å². The maximum absolute atomic E-state index is 14.2. The first-order valence-corrected chi connectivity index (χ1v) is 10.6. The number of fused-ring (bicyclic) bond motifs is 1. The van der Waals surface area contributed by atoms with Crippen LogP contribution in [0.1, 0.15) is 32.8 Å². The highest BCUT2D eigenvalue weighted by atomic mass is 32.1. The lowest BCUT2D eigenvalue weighted by atomic mass is 9.81. The molecule has 166 valence electrons. The first-order chi connectivity index (χ1) is 15.3. The van der Waals surface area contributed by atoms with E-state index in [9.17, 15) is 18.4 Å². The van der Waals surface area contributed by atoms with Crippen LogP contribution in [0.5, 0.6) is 11.5 Å². The number of halogens is 2. The number of amides is 2. The van der Waals surface area contributed by atoms with Crippen LogP contribution < -0.4 is 14.8 Å². The zero-order chi connectivity index (χ0) is 23.0. The van der Waals surface area contributed by atoms with Gasteiger partial charge < -0.3 is 19.7 Å². The number of nitrogens with one attached hydrogen (secondary N) is 1. The van der Waals surface area contributed by atoms with Gasteiger partial charge in [0, 0.05) is 23.6 Å². The molecule has 1 aliphatic rings. The summed E-state index contributed by atoms with van der Waals surface area (Å²) in [6, 6.07) is 9.10. The van der Waals surface area contributed by atoms with Crippen molar-refractivity contribution >= 4 is 28.8 Å². The highest BCUT2D eigenvalue weighted by molar-refractivity contribution is 7.10. The summed E-state index contributed by atoms with van der Waals surface area (Å²) in [5.74, 6) is -2.62. The number of carbonyl (C=O) groups is 2. The van der Waals surface area contributed by atoms with Gasteiger partial charge in [-0.25, -0.2) is 8.78 Å². The summed E-state index contributed by atoms with van der Waals surface area (Å²) in [5.41, 5.74) is 0.574. The molecule has 2 atom stereocenters. The van der Waals surface area contributed by atoms with Crippen LogP contribution in [0.15, 0.2) is 47.8 Å². The maximum atomic E-state index is 14.2. The van der Waals surface area contributed by atoms with Gasteiger partial charge in [-0.2, -0.15) is 0 Å². The number of hydrogen-bond acceptors (Lipinski definition) is 5. The second-order valence-corrected chi connectivity index (χ2v) is 8.24. The third-order valence-electron chi connectivity index (χ3n) is 5.48. The van der Waals surface area contributed by atoms with Crippen molar-refractivity contribution in [2.24, 2.45) is 0 Å². The molecule has 1 aliphatic heterocycles. The van der Waals surface area contributed by atoms with Crippen LogP contribution in [0, 0.1) is 11.6 Å². The number of anilines is 1. The van der Waals surface area contributed by atoms with Gasteiger partial charge in [0.2, 0.25) is 5.91 Å². The lowest BCUT2D eigenvalue weighted by Gasteiger charge is -2.39. The van der Waals surface area contributed by atoms with Crippen LogP contribution in [-0.2, 0) is 4.79 Å². The molecular formula is C23H20F2N2O4S. The largest absolute Gasteiger partial charge is 0.493 e. The van der Waals surface area contributed by atoms with Crippen molar-refractivity contribution in [3.05, 3.63) is 75.5 Å². The lowest BCUT2D eigenvalue weighted by Crippen LogP contribution is -2.43. The molecule has 2 aromatic carbocycles.